The molecule has 1 N–H and O–H groups in total. The van der Waals surface area contributed by atoms with Gasteiger partial charge in [-0.3, -0.25) is 0 Å². The SMILES string of the molecule is CCCNc1ncc(C)c(Sc2nc(C)c(C)c(C)n2)n1. The van der Waals surface area contributed by atoms with Crippen LogP contribution in [0.4, 0.5) is 5.95 Å². The molecule has 0 bridgehead atoms. The largest absolute Gasteiger partial charge is 0.354 e. The molecule has 2 heterocycles. The molecule has 2 rings (SSSR count). The maximum Gasteiger partial charge on any atom is 0.223 e. The Balaban J connectivity index is 2.26. The molecule has 0 amide bonds. The lowest BCUT2D eigenvalue weighted by Gasteiger charge is -2.09. The second kappa shape index (κ2) is 6.85. The van der Waals surface area contributed by atoms with Crippen molar-refractivity contribution in [1.82, 2.24) is 19.9 Å². The van der Waals surface area contributed by atoms with E-state index in [0.29, 0.717) is 5.95 Å². The van der Waals surface area contributed by atoms with Gasteiger partial charge in [-0.1, -0.05) is 6.92 Å². The van der Waals surface area contributed by atoms with Gasteiger partial charge in [0.2, 0.25) is 5.95 Å². The van der Waals surface area contributed by atoms with E-state index in [1.807, 2.05) is 33.9 Å². The molecule has 0 aliphatic carbocycles. The first-order valence-corrected chi connectivity index (χ1v) is 7.90. The first kappa shape index (κ1) is 15.7. The zero-order chi connectivity index (χ0) is 15.4. The fourth-order valence-electron chi connectivity index (χ4n) is 1.73. The van der Waals surface area contributed by atoms with Crippen LogP contribution in [0.1, 0.15) is 35.9 Å². The molecule has 0 saturated heterocycles. The van der Waals surface area contributed by atoms with Gasteiger partial charge in [-0.25, -0.2) is 19.9 Å². The van der Waals surface area contributed by atoms with Crippen LogP contribution in [0.2, 0.25) is 0 Å². The van der Waals surface area contributed by atoms with E-state index in [0.717, 1.165) is 45.7 Å². The van der Waals surface area contributed by atoms with Crippen molar-refractivity contribution in [2.24, 2.45) is 0 Å². The highest BCUT2D eigenvalue weighted by Gasteiger charge is 2.10. The maximum absolute atomic E-state index is 4.55. The molecule has 2 aromatic heterocycles. The van der Waals surface area contributed by atoms with Crippen LogP contribution >= 0.6 is 11.8 Å². The molecule has 6 heteroatoms. The Kier molecular flexibility index (Phi) is 5.12. The molecule has 112 valence electrons. The number of aromatic nitrogens is 4. The lowest BCUT2D eigenvalue weighted by molar-refractivity contribution is 0.873. The molecule has 0 fully saturated rings. The van der Waals surface area contributed by atoms with E-state index in [1.54, 1.807) is 0 Å². The number of hydrogen-bond acceptors (Lipinski definition) is 6. The van der Waals surface area contributed by atoms with Gasteiger partial charge in [0.1, 0.15) is 5.03 Å². The molecule has 0 saturated carbocycles. The second-order valence-electron chi connectivity index (χ2n) is 5.01. The molecule has 0 aliphatic rings. The molecule has 0 spiro atoms. The molecule has 0 atom stereocenters. The lowest BCUT2D eigenvalue weighted by atomic mass is 10.2. The molecule has 0 unspecified atom stereocenters. The number of hydrogen-bond donors (Lipinski definition) is 1. The van der Waals surface area contributed by atoms with Gasteiger partial charge in [0.25, 0.3) is 0 Å². The van der Waals surface area contributed by atoms with E-state index in [-0.39, 0.29) is 0 Å². The number of aryl methyl sites for hydroxylation is 3. The third kappa shape index (κ3) is 3.91. The van der Waals surface area contributed by atoms with Gasteiger partial charge in [-0.2, -0.15) is 0 Å². The van der Waals surface area contributed by atoms with Crippen molar-refractivity contribution in [3.63, 3.8) is 0 Å². The van der Waals surface area contributed by atoms with E-state index in [2.05, 4.69) is 32.2 Å². The summed E-state index contributed by atoms with van der Waals surface area (Å²) in [6.45, 7) is 11.0. The predicted octanol–water partition coefficient (Wildman–Crippen LogP) is 3.47. The monoisotopic (exact) mass is 303 g/mol. The lowest BCUT2D eigenvalue weighted by Crippen LogP contribution is -2.05. The van der Waals surface area contributed by atoms with E-state index in [9.17, 15) is 0 Å². The highest BCUT2D eigenvalue weighted by atomic mass is 32.2. The minimum absolute atomic E-state index is 0.658. The Bertz CT molecular complexity index is 619. The Morgan fingerprint density at radius 2 is 1.71 bits per heavy atom. The third-order valence-corrected chi connectivity index (χ3v) is 4.23. The zero-order valence-corrected chi connectivity index (χ0v) is 14.0. The number of anilines is 1. The standard InChI is InChI=1S/C15H21N5S/c1-6-7-16-14-17-8-9(2)13(20-14)21-15-18-11(4)10(3)12(5)19-15/h8H,6-7H2,1-5H3,(H,16,17,20). The average Bonchev–Trinajstić information content (AvgIpc) is 2.45. The van der Waals surface area contributed by atoms with Gasteiger partial charge < -0.3 is 5.32 Å². The molecular formula is C15H21N5S. The summed E-state index contributed by atoms with van der Waals surface area (Å²) in [5.41, 5.74) is 4.20. The van der Waals surface area contributed by atoms with E-state index in [1.165, 1.54) is 11.8 Å². The van der Waals surface area contributed by atoms with Crippen LogP contribution in [0.5, 0.6) is 0 Å². The number of nitrogens with zero attached hydrogens (tertiary/aromatic N) is 4. The second-order valence-corrected chi connectivity index (χ2v) is 5.97. The Labute approximate surface area is 130 Å². The summed E-state index contributed by atoms with van der Waals surface area (Å²) in [4.78, 5) is 17.9. The van der Waals surface area contributed by atoms with Gasteiger partial charge in [-0.05, 0) is 51.4 Å². The minimum Gasteiger partial charge on any atom is -0.354 e. The molecule has 0 radical (unpaired) electrons. The fourth-order valence-corrected chi connectivity index (χ4v) is 2.61. The van der Waals surface area contributed by atoms with Crippen LogP contribution < -0.4 is 5.32 Å². The minimum atomic E-state index is 0.658. The van der Waals surface area contributed by atoms with Crippen LogP contribution in [0.3, 0.4) is 0 Å². The van der Waals surface area contributed by atoms with Crippen molar-refractivity contribution in [1.29, 1.82) is 0 Å². The quantitative estimate of drug-likeness (QED) is 0.674. The van der Waals surface area contributed by atoms with Crippen LogP contribution in [-0.4, -0.2) is 26.5 Å². The van der Waals surface area contributed by atoms with Crippen molar-refractivity contribution < 1.29 is 0 Å². The van der Waals surface area contributed by atoms with Crippen molar-refractivity contribution in [2.45, 2.75) is 51.2 Å². The Hall–Kier alpha value is -1.69. The van der Waals surface area contributed by atoms with Gasteiger partial charge >= 0.3 is 0 Å². The van der Waals surface area contributed by atoms with Gasteiger partial charge in [-0.15, -0.1) is 0 Å². The Morgan fingerprint density at radius 3 is 2.33 bits per heavy atom. The van der Waals surface area contributed by atoms with Crippen molar-refractivity contribution in [2.75, 3.05) is 11.9 Å². The van der Waals surface area contributed by atoms with E-state index in [4.69, 9.17) is 0 Å². The van der Waals surface area contributed by atoms with Crippen molar-refractivity contribution in [3.05, 3.63) is 28.7 Å². The highest BCUT2D eigenvalue weighted by molar-refractivity contribution is 7.99. The maximum atomic E-state index is 4.55. The molecule has 5 nitrogen and oxygen atoms in total. The summed E-state index contributed by atoms with van der Waals surface area (Å²) in [5, 5.41) is 4.83. The normalized spacial score (nSPS) is 10.7. The third-order valence-electron chi connectivity index (χ3n) is 3.26. The van der Waals surface area contributed by atoms with Crippen LogP contribution in [0.25, 0.3) is 0 Å². The predicted molar refractivity (Wildman–Crippen MR) is 85.9 cm³/mol. The number of rotatable bonds is 5. The van der Waals surface area contributed by atoms with E-state index >= 15 is 0 Å². The molecule has 0 aromatic carbocycles. The van der Waals surface area contributed by atoms with Crippen molar-refractivity contribution >= 4 is 17.7 Å². The van der Waals surface area contributed by atoms with Crippen LogP contribution in [0, 0.1) is 27.7 Å². The van der Waals surface area contributed by atoms with E-state index < -0.39 is 0 Å². The molecule has 0 aliphatic heterocycles. The molecule has 21 heavy (non-hydrogen) atoms. The summed E-state index contributed by atoms with van der Waals surface area (Å²) in [5.74, 6) is 0.658. The summed E-state index contributed by atoms with van der Waals surface area (Å²) >= 11 is 1.49. The van der Waals surface area contributed by atoms with Gasteiger partial charge in [0.15, 0.2) is 5.16 Å². The fraction of sp³-hybridized carbons (Fsp3) is 0.467. The average molecular weight is 303 g/mol. The zero-order valence-electron chi connectivity index (χ0n) is 13.2. The van der Waals surface area contributed by atoms with Gasteiger partial charge in [0.05, 0.1) is 0 Å². The van der Waals surface area contributed by atoms with Gasteiger partial charge in [0, 0.05) is 29.7 Å². The van der Waals surface area contributed by atoms with Crippen LogP contribution in [0.15, 0.2) is 16.4 Å². The Morgan fingerprint density at radius 1 is 1.05 bits per heavy atom. The van der Waals surface area contributed by atoms with Crippen LogP contribution in [-0.2, 0) is 0 Å². The number of nitrogens with one attached hydrogen (secondary N) is 1. The summed E-state index contributed by atoms with van der Waals surface area (Å²) in [7, 11) is 0. The molecular weight excluding hydrogens is 282 g/mol. The summed E-state index contributed by atoms with van der Waals surface area (Å²) in [6.07, 6.45) is 2.88. The topological polar surface area (TPSA) is 63.6 Å². The summed E-state index contributed by atoms with van der Waals surface area (Å²) < 4.78 is 0. The first-order chi connectivity index (χ1) is 10.0. The summed E-state index contributed by atoms with van der Waals surface area (Å²) in [6, 6.07) is 0. The smallest absolute Gasteiger partial charge is 0.223 e. The van der Waals surface area contributed by atoms with Crippen molar-refractivity contribution in [3.8, 4) is 0 Å². The molecule has 2 aromatic rings. The highest BCUT2D eigenvalue weighted by Crippen LogP contribution is 2.27. The first-order valence-electron chi connectivity index (χ1n) is 7.08.